The van der Waals surface area contributed by atoms with Gasteiger partial charge in [0.15, 0.2) is 5.96 Å². The summed E-state index contributed by atoms with van der Waals surface area (Å²) in [5, 5.41) is 6.81. The number of imidazole rings is 1. The van der Waals surface area contributed by atoms with Crippen molar-refractivity contribution < 1.29 is 0 Å². The van der Waals surface area contributed by atoms with Crippen LogP contribution in [0.5, 0.6) is 0 Å². The van der Waals surface area contributed by atoms with E-state index in [1.54, 1.807) is 0 Å². The van der Waals surface area contributed by atoms with Crippen LogP contribution in [0.1, 0.15) is 52.8 Å². The van der Waals surface area contributed by atoms with Crippen LogP contribution in [0.15, 0.2) is 17.4 Å². The summed E-state index contributed by atoms with van der Waals surface area (Å²) in [5.74, 6) is 1.99. The molecule has 0 aliphatic carbocycles. The number of halogens is 1. The summed E-state index contributed by atoms with van der Waals surface area (Å²) in [6.45, 7) is 15.1. The van der Waals surface area contributed by atoms with Crippen LogP contribution in [-0.2, 0) is 6.54 Å². The maximum atomic E-state index is 4.30. The first-order valence-corrected chi connectivity index (χ1v) is 9.63. The zero-order chi connectivity index (χ0) is 18.7. The highest BCUT2D eigenvalue weighted by molar-refractivity contribution is 14.0. The van der Waals surface area contributed by atoms with Crippen molar-refractivity contribution in [3.8, 4) is 0 Å². The minimum absolute atomic E-state index is 0. The Morgan fingerprint density at radius 1 is 1.12 bits per heavy atom. The number of unbranched alkanes of at least 4 members (excludes halogenated alkanes) is 1. The summed E-state index contributed by atoms with van der Waals surface area (Å²) in [4.78, 5) is 11.1. The first kappa shape index (κ1) is 25.2. The number of rotatable bonds is 11. The second-order valence-electron chi connectivity index (χ2n) is 7.08. The highest BCUT2D eigenvalue weighted by Gasteiger charge is 2.12. The van der Waals surface area contributed by atoms with Crippen molar-refractivity contribution in [1.29, 1.82) is 0 Å². The van der Waals surface area contributed by atoms with Gasteiger partial charge in [-0.2, -0.15) is 0 Å². The molecule has 0 atom stereocenters. The van der Waals surface area contributed by atoms with Crippen LogP contribution >= 0.6 is 24.0 Å². The van der Waals surface area contributed by atoms with Gasteiger partial charge in [-0.25, -0.2) is 4.98 Å². The largest absolute Gasteiger partial charge is 0.356 e. The van der Waals surface area contributed by atoms with Gasteiger partial charge < -0.3 is 15.2 Å². The fraction of sp³-hybridized carbons (Fsp3) is 0.789. The molecule has 0 bridgehead atoms. The molecule has 0 unspecified atom stereocenters. The minimum Gasteiger partial charge on any atom is -0.356 e. The van der Waals surface area contributed by atoms with E-state index in [4.69, 9.17) is 0 Å². The zero-order valence-corrected chi connectivity index (χ0v) is 19.8. The van der Waals surface area contributed by atoms with E-state index in [2.05, 4.69) is 57.8 Å². The SMILES string of the molecule is CN=C(NCCCCn1ccnc1C)NCCCN(C(C)C)C(C)C.I. The van der Waals surface area contributed by atoms with Crippen LogP contribution < -0.4 is 10.6 Å². The van der Waals surface area contributed by atoms with Crippen LogP contribution in [0, 0.1) is 6.92 Å². The average molecular weight is 478 g/mol. The van der Waals surface area contributed by atoms with Gasteiger partial charge in [0.2, 0.25) is 0 Å². The Kier molecular flexibility index (Phi) is 13.8. The van der Waals surface area contributed by atoms with Gasteiger partial charge in [-0.05, 0) is 53.9 Å². The van der Waals surface area contributed by atoms with Gasteiger partial charge in [0.05, 0.1) is 0 Å². The molecular formula is C19H39IN6. The summed E-state index contributed by atoms with van der Waals surface area (Å²) in [5.41, 5.74) is 0. The molecule has 0 radical (unpaired) electrons. The molecule has 0 amide bonds. The van der Waals surface area contributed by atoms with E-state index in [9.17, 15) is 0 Å². The molecule has 1 heterocycles. The summed E-state index contributed by atoms with van der Waals surface area (Å²) in [6, 6.07) is 1.19. The molecule has 0 aliphatic rings. The van der Waals surface area contributed by atoms with Gasteiger partial charge in [-0.3, -0.25) is 9.89 Å². The third-order valence-electron chi connectivity index (χ3n) is 4.48. The molecule has 6 nitrogen and oxygen atoms in total. The molecule has 0 saturated heterocycles. The predicted molar refractivity (Wildman–Crippen MR) is 123 cm³/mol. The van der Waals surface area contributed by atoms with Crippen molar-refractivity contribution in [2.75, 3.05) is 26.7 Å². The average Bonchev–Trinajstić information content (AvgIpc) is 2.96. The number of aliphatic imine (C=N–C) groups is 1. The van der Waals surface area contributed by atoms with E-state index in [-0.39, 0.29) is 24.0 Å². The standard InChI is InChI=1S/C19H38N6.HI/c1-16(2)25(17(3)4)14-9-11-23-19(20-6)22-10-7-8-13-24-15-12-21-18(24)5;/h12,15-17H,7-11,13-14H2,1-6H3,(H2,20,22,23);1H. The summed E-state index contributed by atoms with van der Waals surface area (Å²) in [6.07, 6.45) is 7.28. The number of guanidine groups is 1. The fourth-order valence-electron chi connectivity index (χ4n) is 3.06. The first-order valence-electron chi connectivity index (χ1n) is 9.63. The maximum absolute atomic E-state index is 4.30. The van der Waals surface area contributed by atoms with Crippen LogP contribution in [0.2, 0.25) is 0 Å². The third kappa shape index (κ3) is 9.75. The molecule has 0 aliphatic heterocycles. The Morgan fingerprint density at radius 2 is 1.73 bits per heavy atom. The normalized spacial score (nSPS) is 12.0. The molecule has 26 heavy (non-hydrogen) atoms. The molecule has 2 N–H and O–H groups in total. The molecule has 0 fully saturated rings. The van der Waals surface area contributed by atoms with E-state index in [0.29, 0.717) is 12.1 Å². The molecule has 0 aromatic carbocycles. The van der Waals surface area contributed by atoms with E-state index in [0.717, 1.165) is 57.2 Å². The van der Waals surface area contributed by atoms with E-state index in [1.165, 1.54) is 0 Å². The minimum atomic E-state index is 0. The molecule has 1 aromatic heterocycles. The number of hydrogen-bond acceptors (Lipinski definition) is 3. The van der Waals surface area contributed by atoms with Gasteiger partial charge in [-0.1, -0.05) is 0 Å². The number of hydrogen-bond donors (Lipinski definition) is 2. The lowest BCUT2D eigenvalue weighted by atomic mass is 10.2. The van der Waals surface area contributed by atoms with Gasteiger partial charge in [-0.15, -0.1) is 24.0 Å². The Hall–Kier alpha value is -0.830. The molecule has 7 heteroatoms. The number of aryl methyl sites for hydroxylation is 2. The first-order chi connectivity index (χ1) is 12.0. The second-order valence-corrected chi connectivity index (χ2v) is 7.08. The predicted octanol–water partition coefficient (Wildman–Crippen LogP) is 3.26. The van der Waals surface area contributed by atoms with Gasteiger partial charge in [0.25, 0.3) is 0 Å². The monoisotopic (exact) mass is 478 g/mol. The number of nitrogens with one attached hydrogen (secondary N) is 2. The number of nitrogens with zero attached hydrogens (tertiary/aromatic N) is 4. The second kappa shape index (κ2) is 14.3. The maximum Gasteiger partial charge on any atom is 0.190 e. The van der Waals surface area contributed by atoms with Gasteiger partial charge in [0.1, 0.15) is 5.82 Å². The summed E-state index contributed by atoms with van der Waals surface area (Å²) < 4.78 is 2.20. The van der Waals surface area contributed by atoms with E-state index >= 15 is 0 Å². The van der Waals surface area contributed by atoms with Crippen molar-refractivity contribution in [1.82, 2.24) is 25.1 Å². The Balaban J connectivity index is 0.00000625. The highest BCUT2D eigenvalue weighted by atomic mass is 127. The highest BCUT2D eigenvalue weighted by Crippen LogP contribution is 2.05. The third-order valence-corrected chi connectivity index (χ3v) is 4.48. The lowest BCUT2D eigenvalue weighted by Crippen LogP contribution is -2.41. The van der Waals surface area contributed by atoms with Crippen molar-refractivity contribution in [2.24, 2.45) is 4.99 Å². The van der Waals surface area contributed by atoms with Crippen LogP contribution in [0.4, 0.5) is 0 Å². The van der Waals surface area contributed by atoms with Crippen molar-refractivity contribution in [3.63, 3.8) is 0 Å². The van der Waals surface area contributed by atoms with Crippen LogP contribution in [0.25, 0.3) is 0 Å². The lowest BCUT2D eigenvalue weighted by Gasteiger charge is -2.30. The van der Waals surface area contributed by atoms with Crippen LogP contribution in [-0.4, -0.2) is 59.2 Å². The molecule has 0 saturated carbocycles. The van der Waals surface area contributed by atoms with Crippen molar-refractivity contribution in [3.05, 3.63) is 18.2 Å². The lowest BCUT2D eigenvalue weighted by molar-refractivity contribution is 0.173. The van der Waals surface area contributed by atoms with Crippen LogP contribution in [0.3, 0.4) is 0 Å². The zero-order valence-electron chi connectivity index (χ0n) is 17.5. The van der Waals surface area contributed by atoms with Gasteiger partial charge in [0, 0.05) is 57.7 Å². The summed E-state index contributed by atoms with van der Waals surface area (Å²) >= 11 is 0. The quantitative estimate of drug-likeness (QED) is 0.222. The van der Waals surface area contributed by atoms with E-state index < -0.39 is 0 Å². The Labute approximate surface area is 177 Å². The van der Waals surface area contributed by atoms with Crippen molar-refractivity contribution in [2.45, 2.75) is 72.5 Å². The molecule has 0 spiro atoms. The Morgan fingerprint density at radius 3 is 2.23 bits per heavy atom. The van der Waals surface area contributed by atoms with E-state index in [1.807, 2.05) is 26.4 Å². The Bertz CT molecular complexity index is 490. The smallest absolute Gasteiger partial charge is 0.190 e. The number of aromatic nitrogens is 2. The molecule has 1 rings (SSSR count). The molecule has 152 valence electrons. The van der Waals surface area contributed by atoms with Crippen molar-refractivity contribution >= 4 is 29.9 Å². The molecular weight excluding hydrogens is 439 g/mol. The van der Waals surface area contributed by atoms with Gasteiger partial charge >= 0.3 is 0 Å². The topological polar surface area (TPSA) is 57.5 Å². The fourth-order valence-corrected chi connectivity index (χ4v) is 3.06. The summed E-state index contributed by atoms with van der Waals surface area (Å²) in [7, 11) is 1.83. The molecule has 1 aromatic rings.